The van der Waals surface area contributed by atoms with Gasteiger partial charge in [-0.1, -0.05) is 15.9 Å². The number of furan rings is 1. The standard InChI is InChI=1S/C17H12BrN3O5S/c18-13-3-8-16(9-4-13)27(24,25)20-19-11-15-7-10-17(26-15)12-1-5-14(6-2-12)21(22)23/h1-11,20H. The van der Waals surface area contributed by atoms with Crippen LogP contribution in [0.1, 0.15) is 5.76 Å². The number of rotatable bonds is 6. The van der Waals surface area contributed by atoms with Crippen LogP contribution in [-0.4, -0.2) is 19.6 Å². The second kappa shape index (κ2) is 7.72. The molecule has 0 atom stereocenters. The molecule has 0 spiro atoms. The predicted octanol–water partition coefficient (Wildman–Crippen LogP) is 3.93. The number of hydrogen-bond donors (Lipinski definition) is 1. The molecule has 2 aromatic carbocycles. The van der Waals surface area contributed by atoms with Gasteiger partial charge in [0, 0.05) is 22.2 Å². The van der Waals surface area contributed by atoms with E-state index in [0.717, 1.165) is 4.47 Å². The fourth-order valence-electron chi connectivity index (χ4n) is 2.15. The molecule has 3 aromatic rings. The molecule has 0 saturated carbocycles. The summed E-state index contributed by atoms with van der Waals surface area (Å²) >= 11 is 3.24. The number of nitro groups is 1. The average Bonchev–Trinajstić information content (AvgIpc) is 3.11. The molecule has 0 unspecified atom stereocenters. The van der Waals surface area contributed by atoms with Crippen molar-refractivity contribution in [1.29, 1.82) is 0 Å². The Hall–Kier alpha value is -2.98. The highest BCUT2D eigenvalue weighted by molar-refractivity contribution is 9.10. The molecule has 27 heavy (non-hydrogen) atoms. The zero-order valence-electron chi connectivity index (χ0n) is 13.6. The molecule has 0 fully saturated rings. The fraction of sp³-hybridized carbons (Fsp3) is 0. The minimum Gasteiger partial charge on any atom is -0.455 e. The number of nitro benzene ring substituents is 1. The van der Waals surface area contributed by atoms with Gasteiger partial charge in [-0.25, -0.2) is 0 Å². The van der Waals surface area contributed by atoms with Gasteiger partial charge in [0.25, 0.3) is 15.7 Å². The van der Waals surface area contributed by atoms with Gasteiger partial charge < -0.3 is 4.42 Å². The van der Waals surface area contributed by atoms with E-state index in [9.17, 15) is 18.5 Å². The smallest absolute Gasteiger partial charge is 0.276 e. The van der Waals surface area contributed by atoms with Crippen LogP contribution < -0.4 is 4.83 Å². The molecule has 0 aliphatic heterocycles. The molecule has 0 amide bonds. The van der Waals surface area contributed by atoms with Gasteiger partial charge in [0.15, 0.2) is 0 Å². The lowest BCUT2D eigenvalue weighted by Gasteiger charge is -2.02. The summed E-state index contributed by atoms with van der Waals surface area (Å²) in [6.45, 7) is 0. The molecule has 0 radical (unpaired) electrons. The second-order valence-corrected chi connectivity index (χ2v) is 7.89. The van der Waals surface area contributed by atoms with Crippen molar-refractivity contribution in [1.82, 2.24) is 4.83 Å². The van der Waals surface area contributed by atoms with Crippen LogP contribution in [0.5, 0.6) is 0 Å². The van der Waals surface area contributed by atoms with E-state index < -0.39 is 14.9 Å². The molecule has 8 nitrogen and oxygen atoms in total. The van der Waals surface area contributed by atoms with Crippen LogP contribution in [0.15, 0.2) is 79.6 Å². The first-order chi connectivity index (χ1) is 12.8. The first-order valence-corrected chi connectivity index (χ1v) is 9.78. The minimum atomic E-state index is -3.78. The van der Waals surface area contributed by atoms with E-state index in [1.54, 1.807) is 36.4 Å². The Morgan fingerprint density at radius 2 is 1.70 bits per heavy atom. The number of nitrogens with zero attached hydrogens (tertiary/aromatic N) is 2. The topological polar surface area (TPSA) is 115 Å². The maximum Gasteiger partial charge on any atom is 0.276 e. The molecule has 0 aliphatic carbocycles. The van der Waals surface area contributed by atoms with Gasteiger partial charge in [0.2, 0.25) is 0 Å². The van der Waals surface area contributed by atoms with Crippen molar-refractivity contribution in [2.24, 2.45) is 5.10 Å². The summed E-state index contributed by atoms with van der Waals surface area (Å²) in [5, 5.41) is 14.4. The van der Waals surface area contributed by atoms with E-state index in [0.29, 0.717) is 17.1 Å². The van der Waals surface area contributed by atoms with E-state index in [-0.39, 0.29) is 10.6 Å². The van der Waals surface area contributed by atoms with Gasteiger partial charge in [-0.05, 0) is 48.5 Å². The third-order valence-corrected chi connectivity index (χ3v) is 5.25. The summed E-state index contributed by atoms with van der Waals surface area (Å²) in [6, 6.07) is 15.3. The molecular formula is C17H12BrN3O5S. The number of nitrogens with one attached hydrogen (secondary N) is 1. The maximum atomic E-state index is 12.1. The highest BCUT2D eigenvalue weighted by Gasteiger charge is 2.12. The minimum absolute atomic E-state index is 0.0190. The quantitative estimate of drug-likeness (QED) is 0.347. The average molecular weight is 450 g/mol. The number of hydrazone groups is 1. The van der Waals surface area contributed by atoms with Crippen LogP contribution in [0, 0.1) is 10.1 Å². The summed E-state index contributed by atoms with van der Waals surface area (Å²) in [5.74, 6) is 0.795. The SMILES string of the molecule is O=[N+]([O-])c1ccc(-c2ccc(C=NNS(=O)(=O)c3ccc(Br)cc3)o2)cc1. The van der Waals surface area contributed by atoms with Crippen LogP contribution in [0.4, 0.5) is 5.69 Å². The largest absolute Gasteiger partial charge is 0.455 e. The Balaban J connectivity index is 1.70. The van der Waals surface area contributed by atoms with Crippen LogP contribution >= 0.6 is 15.9 Å². The predicted molar refractivity (Wildman–Crippen MR) is 103 cm³/mol. The van der Waals surface area contributed by atoms with Gasteiger partial charge in [-0.2, -0.15) is 18.4 Å². The summed E-state index contributed by atoms with van der Waals surface area (Å²) in [7, 11) is -3.78. The number of non-ortho nitro benzene ring substituents is 1. The highest BCUT2D eigenvalue weighted by Crippen LogP contribution is 2.24. The number of hydrogen-bond acceptors (Lipinski definition) is 6. The van der Waals surface area contributed by atoms with Crippen molar-refractivity contribution < 1.29 is 17.8 Å². The normalized spacial score (nSPS) is 11.6. The molecule has 138 valence electrons. The molecule has 10 heteroatoms. The summed E-state index contributed by atoms with van der Waals surface area (Å²) < 4.78 is 30.6. The third-order valence-electron chi connectivity index (χ3n) is 3.48. The molecular weight excluding hydrogens is 438 g/mol. The third kappa shape index (κ3) is 4.60. The van der Waals surface area contributed by atoms with Crippen LogP contribution in [-0.2, 0) is 10.0 Å². The van der Waals surface area contributed by atoms with Gasteiger partial charge in [0.1, 0.15) is 11.5 Å². The summed E-state index contributed by atoms with van der Waals surface area (Å²) in [6.07, 6.45) is 1.23. The zero-order chi connectivity index (χ0) is 19.4. The lowest BCUT2D eigenvalue weighted by molar-refractivity contribution is -0.384. The van der Waals surface area contributed by atoms with Gasteiger partial charge in [-0.3, -0.25) is 10.1 Å². The first-order valence-electron chi connectivity index (χ1n) is 7.50. The molecule has 1 heterocycles. The van der Waals surface area contributed by atoms with Crippen LogP contribution in [0.3, 0.4) is 0 Å². The van der Waals surface area contributed by atoms with E-state index in [1.807, 2.05) is 0 Å². The maximum absolute atomic E-state index is 12.1. The number of sulfonamides is 1. The molecule has 1 N–H and O–H groups in total. The van der Waals surface area contributed by atoms with Crippen LogP contribution in [0.2, 0.25) is 0 Å². The van der Waals surface area contributed by atoms with Gasteiger partial charge >= 0.3 is 0 Å². The van der Waals surface area contributed by atoms with Crippen molar-refractivity contribution in [2.45, 2.75) is 4.90 Å². The number of benzene rings is 2. The molecule has 0 saturated heterocycles. The highest BCUT2D eigenvalue weighted by atomic mass is 79.9. The Bertz CT molecular complexity index is 1090. The Morgan fingerprint density at radius 3 is 2.33 bits per heavy atom. The molecule has 3 rings (SSSR count). The first kappa shape index (κ1) is 18.8. The number of halogens is 1. The van der Waals surface area contributed by atoms with Crippen molar-refractivity contribution in [3.63, 3.8) is 0 Å². The summed E-state index contributed by atoms with van der Waals surface area (Å²) in [5.41, 5.74) is 0.630. The molecule has 1 aromatic heterocycles. The molecule has 0 bridgehead atoms. The van der Waals surface area contributed by atoms with Crippen molar-refractivity contribution >= 4 is 37.9 Å². The van der Waals surface area contributed by atoms with Crippen molar-refractivity contribution in [2.75, 3.05) is 0 Å². The second-order valence-electron chi connectivity index (χ2n) is 5.31. The zero-order valence-corrected chi connectivity index (χ0v) is 16.0. The van der Waals surface area contributed by atoms with Gasteiger partial charge in [0.05, 0.1) is 16.0 Å². The van der Waals surface area contributed by atoms with E-state index in [2.05, 4.69) is 25.9 Å². The van der Waals surface area contributed by atoms with E-state index in [1.165, 1.54) is 30.5 Å². The Kier molecular flexibility index (Phi) is 5.38. The van der Waals surface area contributed by atoms with Crippen LogP contribution in [0.25, 0.3) is 11.3 Å². The lowest BCUT2D eigenvalue weighted by atomic mass is 10.1. The Morgan fingerprint density at radius 1 is 1.04 bits per heavy atom. The van der Waals surface area contributed by atoms with Crippen molar-refractivity contribution in [3.05, 3.63) is 81.0 Å². The molecule has 0 aliphatic rings. The van der Waals surface area contributed by atoms with E-state index in [4.69, 9.17) is 4.42 Å². The lowest BCUT2D eigenvalue weighted by Crippen LogP contribution is -2.18. The fourth-order valence-corrected chi connectivity index (χ4v) is 3.21. The van der Waals surface area contributed by atoms with Gasteiger partial charge in [-0.15, -0.1) is 0 Å². The Labute approximate surface area is 162 Å². The summed E-state index contributed by atoms with van der Waals surface area (Å²) in [4.78, 5) is 12.4. The van der Waals surface area contributed by atoms with Crippen molar-refractivity contribution in [3.8, 4) is 11.3 Å². The van der Waals surface area contributed by atoms with E-state index >= 15 is 0 Å². The monoisotopic (exact) mass is 449 g/mol.